The second-order valence-electron chi connectivity index (χ2n) is 5.57. The quantitative estimate of drug-likeness (QED) is 0.522. The van der Waals surface area contributed by atoms with Gasteiger partial charge in [-0.1, -0.05) is 48.0 Å². The van der Waals surface area contributed by atoms with Crippen LogP contribution in [-0.4, -0.2) is 4.40 Å². The van der Waals surface area contributed by atoms with E-state index < -0.39 is 0 Å². The molecule has 0 saturated carbocycles. The van der Waals surface area contributed by atoms with Crippen molar-refractivity contribution in [3.05, 3.63) is 86.4 Å². The summed E-state index contributed by atoms with van der Waals surface area (Å²) in [5, 5.41) is 13.1. The molecule has 0 fully saturated rings. The number of nitrogens with zero attached hydrogens (tertiary/aromatic N) is 2. The Bertz CT molecular complexity index is 1120. The molecule has 25 heavy (non-hydrogen) atoms. The lowest BCUT2D eigenvalue weighted by atomic mass is 10.1. The van der Waals surface area contributed by atoms with Crippen molar-refractivity contribution >= 4 is 28.6 Å². The standard InChI is InChI=1S/C19H13ClN2O2S/c20-15-10-9-14(25-15)12-22-16-8-4-5-11-21(16)18(23)17(19(22)24)13-6-2-1-3-7-13/h1-11H,12H2. The lowest BCUT2D eigenvalue weighted by molar-refractivity contribution is -0.707. The van der Waals surface area contributed by atoms with E-state index in [-0.39, 0.29) is 17.0 Å². The Morgan fingerprint density at radius 2 is 1.80 bits per heavy atom. The van der Waals surface area contributed by atoms with Gasteiger partial charge in [0.1, 0.15) is 12.1 Å². The van der Waals surface area contributed by atoms with Crippen LogP contribution < -0.4 is 15.2 Å². The van der Waals surface area contributed by atoms with Crippen molar-refractivity contribution in [1.29, 1.82) is 0 Å². The molecule has 3 heterocycles. The predicted octanol–water partition coefficient (Wildman–Crippen LogP) is 3.09. The highest BCUT2D eigenvalue weighted by Crippen LogP contribution is 2.24. The first-order valence-corrected chi connectivity index (χ1v) is 8.88. The molecule has 0 N–H and O–H groups in total. The zero-order valence-electron chi connectivity index (χ0n) is 13.1. The third-order valence-corrected chi connectivity index (χ3v) is 5.23. The summed E-state index contributed by atoms with van der Waals surface area (Å²) in [6.45, 7) is 0.365. The fraction of sp³-hybridized carbons (Fsp3) is 0.0526. The highest BCUT2D eigenvalue weighted by molar-refractivity contribution is 7.16. The van der Waals surface area contributed by atoms with Crippen LogP contribution in [0.15, 0.2) is 71.7 Å². The van der Waals surface area contributed by atoms with E-state index in [4.69, 9.17) is 11.6 Å². The second-order valence-corrected chi connectivity index (χ2v) is 7.37. The number of fused-ring (bicyclic) bond motifs is 1. The number of pyridine rings is 1. The number of hydrogen-bond donors (Lipinski definition) is 0. The maximum atomic E-state index is 13.1. The summed E-state index contributed by atoms with van der Waals surface area (Å²) in [7, 11) is 0. The van der Waals surface area contributed by atoms with Crippen LogP contribution >= 0.6 is 22.9 Å². The average Bonchev–Trinajstić information content (AvgIpc) is 3.05. The first kappa shape index (κ1) is 15.9. The topological polar surface area (TPSA) is 48.4 Å². The summed E-state index contributed by atoms with van der Waals surface area (Å²) >= 11 is 7.44. The zero-order chi connectivity index (χ0) is 17.4. The fourth-order valence-electron chi connectivity index (χ4n) is 2.87. The van der Waals surface area contributed by atoms with Crippen LogP contribution in [-0.2, 0) is 6.54 Å². The van der Waals surface area contributed by atoms with Gasteiger partial charge in [0.2, 0.25) is 0 Å². The molecule has 124 valence electrons. The number of thiophene rings is 1. The maximum absolute atomic E-state index is 13.1. The minimum Gasteiger partial charge on any atom is -0.842 e. The van der Waals surface area contributed by atoms with E-state index in [0.29, 0.717) is 22.1 Å². The molecule has 0 bridgehead atoms. The lowest BCUT2D eigenvalue weighted by Gasteiger charge is -2.16. The molecule has 0 aliphatic rings. The van der Waals surface area contributed by atoms with E-state index >= 15 is 0 Å². The van der Waals surface area contributed by atoms with Crippen molar-refractivity contribution in [3.8, 4) is 17.0 Å². The SMILES string of the molecule is O=c1c(-c2ccccc2)c([O-])[n+](Cc2ccc(Cl)s2)c2ccccn12. The van der Waals surface area contributed by atoms with Gasteiger partial charge in [0.05, 0.1) is 16.4 Å². The Morgan fingerprint density at radius 3 is 2.52 bits per heavy atom. The third kappa shape index (κ3) is 2.81. The second kappa shape index (κ2) is 6.35. The van der Waals surface area contributed by atoms with Gasteiger partial charge in [-0.15, -0.1) is 11.3 Å². The molecular weight excluding hydrogens is 356 g/mol. The lowest BCUT2D eigenvalue weighted by Crippen LogP contribution is -2.44. The molecule has 0 radical (unpaired) electrons. The molecule has 0 atom stereocenters. The molecule has 4 aromatic rings. The molecule has 0 amide bonds. The smallest absolute Gasteiger partial charge is 0.349 e. The number of rotatable bonds is 3. The Morgan fingerprint density at radius 1 is 1.04 bits per heavy atom. The van der Waals surface area contributed by atoms with Crippen molar-refractivity contribution in [1.82, 2.24) is 4.40 Å². The Balaban J connectivity index is 2.02. The van der Waals surface area contributed by atoms with Crippen LogP contribution in [0.4, 0.5) is 0 Å². The molecular formula is C19H13ClN2O2S. The van der Waals surface area contributed by atoms with E-state index in [1.54, 1.807) is 35.0 Å². The summed E-state index contributed by atoms with van der Waals surface area (Å²) in [5.74, 6) is -0.299. The van der Waals surface area contributed by atoms with E-state index in [0.717, 1.165) is 4.88 Å². The van der Waals surface area contributed by atoms with E-state index in [1.165, 1.54) is 15.7 Å². The molecule has 0 spiro atoms. The summed E-state index contributed by atoms with van der Waals surface area (Å²) in [6.07, 6.45) is 1.68. The minimum absolute atomic E-state index is 0.173. The van der Waals surface area contributed by atoms with E-state index in [1.807, 2.05) is 36.4 Å². The number of halogens is 1. The van der Waals surface area contributed by atoms with E-state index in [2.05, 4.69) is 0 Å². The molecule has 4 rings (SSSR count). The van der Waals surface area contributed by atoms with Crippen LogP contribution in [0.5, 0.6) is 5.88 Å². The molecule has 0 saturated heterocycles. The van der Waals surface area contributed by atoms with Gasteiger partial charge in [-0.3, -0.25) is 0 Å². The molecule has 4 nitrogen and oxygen atoms in total. The van der Waals surface area contributed by atoms with Gasteiger partial charge >= 0.3 is 5.56 Å². The van der Waals surface area contributed by atoms with E-state index in [9.17, 15) is 9.90 Å². The highest BCUT2D eigenvalue weighted by Gasteiger charge is 2.20. The first-order valence-electron chi connectivity index (χ1n) is 7.69. The Hall–Kier alpha value is -2.63. The van der Waals surface area contributed by atoms with Gasteiger partial charge < -0.3 is 5.11 Å². The largest absolute Gasteiger partial charge is 0.842 e. The van der Waals surface area contributed by atoms with Crippen LogP contribution in [0.3, 0.4) is 0 Å². The monoisotopic (exact) mass is 368 g/mol. The van der Waals surface area contributed by atoms with Gasteiger partial charge in [0, 0.05) is 10.9 Å². The number of aromatic nitrogens is 2. The van der Waals surface area contributed by atoms with Crippen molar-refractivity contribution in [2.24, 2.45) is 0 Å². The minimum atomic E-state index is -0.313. The molecule has 0 aliphatic heterocycles. The molecule has 0 unspecified atom stereocenters. The highest BCUT2D eigenvalue weighted by atomic mass is 35.5. The average molecular weight is 369 g/mol. The summed E-state index contributed by atoms with van der Waals surface area (Å²) in [6, 6.07) is 18.1. The van der Waals surface area contributed by atoms with Crippen molar-refractivity contribution in [2.75, 3.05) is 0 Å². The van der Waals surface area contributed by atoms with Gasteiger partial charge in [0.25, 0.3) is 5.65 Å². The molecule has 3 aromatic heterocycles. The van der Waals surface area contributed by atoms with Crippen molar-refractivity contribution in [3.63, 3.8) is 0 Å². The Labute approximate surface area is 152 Å². The predicted molar refractivity (Wildman–Crippen MR) is 97.2 cm³/mol. The van der Waals surface area contributed by atoms with Crippen LogP contribution in [0.2, 0.25) is 4.34 Å². The van der Waals surface area contributed by atoms with Gasteiger partial charge in [0.15, 0.2) is 0 Å². The number of benzene rings is 1. The third-order valence-electron chi connectivity index (χ3n) is 4.01. The van der Waals surface area contributed by atoms with Crippen molar-refractivity contribution < 1.29 is 9.67 Å². The number of hydrogen-bond acceptors (Lipinski definition) is 3. The summed E-state index contributed by atoms with van der Waals surface area (Å²) < 4.78 is 3.80. The van der Waals surface area contributed by atoms with Crippen molar-refractivity contribution in [2.45, 2.75) is 6.54 Å². The maximum Gasteiger partial charge on any atom is 0.349 e. The van der Waals surface area contributed by atoms with Crippen LogP contribution in [0.1, 0.15) is 4.88 Å². The molecule has 0 aliphatic carbocycles. The zero-order valence-corrected chi connectivity index (χ0v) is 14.6. The molecule has 6 heteroatoms. The fourth-order valence-corrected chi connectivity index (χ4v) is 3.95. The summed E-state index contributed by atoms with van der Waals surface area (Å²) in [4.78, 5) is 13.8. The van der Waals surface area contributed by atoms with Gasteiger partial charge in [-0.2, -0.15) is 4.40 Å². The normalized spacial score (nSPS) is 11.1. The van der Waals surface area contributed by atoms with Crippen LogP contribution in [0.25, 0.3) is 16.8 Å². The first-order chi connectivity index (χ1) is 12.1. The Kier molecular flexibility index (Phi) is 4.03. The molecule has 1 aromatic carbocycles. The van der Waals surface area contributed by atoms with Gasteiger partial charge in [-0.05, 0) is 23.8 Å². The van der Waals surface area contributed by atoms with Gasteiger partial charge in [-0.25, -0.2) is 9.36 Å². The summed E-state index contributed by atoms with van der Waals surface area (Å²) in [5.41, 5.74) is 1.04. The van der Waals surface area contributed by atoms with Crippen LogP contribution in [0, 0.1) is 0 Å².